The van der Waals surface area contributed by atoms with E-state index in [1.807, 2.05) is 45.0 Å². The molecular formula is C37H42N6O3. The average Bonchev–Trinajstić information content (AvgIpc) is 3.40. The van der Waals surface area contributed by atoms with Gasteiger partial charge in [-0.25, -0.2) is 15.0 Å². The fraction of sp³-hybridized carbons (Fsp3) is 0.405. The third-order valence-electron chi connectivity index (χ3n) is 9.57. The lowest BCUT2D eigenvalue weighted by atomic mass is 9.82. The van der Waals surface area contributed by atoms with Crippen LogP contribution >= 0.6 is 0 Å². The number of hydrogen-bond donors (Lipinski definition) is 1. The minimum Gasteiger partial charge on any atom is -0.463 e. The van der Waals surface area contributed by atoms with Crippen LogP contribution < -0.4 is 15.5 Å². The summed E-state index contributed by atoms with van der Waals surface area (Å²) in [5, 5.41) is 0.998. The van der Waals surface area contributed by atoms with Gasteiger partial charge in [0, 0.05) is 48.4 Å². The summed E-state index contributed by atoms with van der Waals surface area (Å²) in [5.74, 6) is 1.06. The largest absolute Gasteiger partial charge is 0.463 e. The Morgan fingerprint density at radius 2 is 1.83 bits per heavy atom. The van der Waals surface area contributed by atoms with Crippen LogP contribution in [0.1, 0.15) is 62.9 Å². The van der Waals surface area contributed by atoms with Crippen molar-refractivity contribution in [2.45, 2.75) is 73.0 Å². The predicted molar refractivity (Wildman–Crippen MR) is 183 cm³/mol. The summed E-state index contributed by atoms with van der Waals surface area (Å²) in [4.78, 5) is 31.7. The molecule has 2 aliphatic heterocycles. The van der Waals surface area contributed by atoms with Gasteiger partial charge in [0.15, 0.2) is 11.4 Å². The highest BCUT2D eigenvalue weighted by Gasteiger charge is 2.31. The van der Waals surface area contributed by atoms with E-state index in [9.17, 15) is 4.79 Å². The second kappa shape index (κ2) is 11.6. The van der Waals surface area contributed by atoms with Gasteiger partial charge in [-0.2, -0.15) is 0 Å². The first kappa shape index (κ1) is 30.0. The van der Waals surface area contributed by atoms with Gasteiger partial charge in [-0.15, -0.1) is 0 Å². The number of carbonyl (C=O) groups excluding carboxylic acids is 1. The molecule has 2 aliphatic rings. The Kier molecular flexibility index (Phi) is 7.57. The number of nitrogen functional groups attached to an aromatic ring is 1. The van der Waals surface area contributed by atoms with Gasteiger partial charge in [-0.1, -0.05) is 44.2 Å². The van der Waals surface area contributed by atoms with E-state index < -0.39 is 0 Å². The van der Waals surface area contributed by atoms with Crippen LogP contribution in [0.4, 0.5) is 17.3 Å². The first-order valence-corrected chi connectivity index (χ1v) is 16.3. The van der Waals surface area contributed by atoms with E-state index in [0.29, 0.717) is 12.4 Å². The number of anilines is 3. The number of ether oxygens (including phenoxy) is 1. The molecule has 0 radical (unpaired) electrons. The molecule has 0 spiro atoms. The lowest BCUT2D eigenvalue weighted by Crippen LogP contribution is -2.38. The van der Waals surface area contributed by atoms with Crippen LogP contribution in [0.3, 0.4) is 0 Å². The Balaban J connectivity index is 1.26. The van der Waals surface area contributed by atoms with Gasteiger partial charge in [0.25, 0.3) is 0 Å². The third kappa shape index (κ3) is 5.52. The summed E-state index contributed by atoms with van der Waals surface area (Å²) in [5.41, 5.74) is 16.6. The molecule has 3 aromatic heterocycles. The third-order valence-corrected chi connectivity index (χ3v) is 9.57. The Hall–Kier alpha value is -4.66. The van der Waals surface area contributed by atoms with Crippen molar-refractivity contribution < 1.29 is 13.9 Å². The van der Waals surface area contributed by atoms with Gasteiger partial charge in [-0.05, 0) is 74.3 Å². The van der Waals surface area contributed by atoms with E-state index in [4.69, 9.17) is 19.9 Å². The maximum atomic E-state index is 13.0. The number of aromatic nitrogens is 3. The second-order valence-corrected chi connectivity index (χ2v) is 13.8. The molecule has 46 heavy (non-hydrogen) atoms. The number of nitrogens with zero attached hydrogens (tertiary/aromatic N) is 5. The molecule has 2 aromatic carbocycles. The number of nitrogens with two attached hydrogens (primary N) is 1. The van der Waals surface area contributed by atoms with Crippen LogP contribution in [0.15, 0.2) is 53.2 Å². The number of rotatable bonds is 6. The number of hydrogen-bond acceptors (Lipinski definition) is 9. The Morgan fingerprint density at radius 3 is 2.61 bits per heavy atom. The van der Waals surface area contributed by atoms with Crippen molar-refractivity contribution in [1.82, 2.24) is 15.0 Å². The minimum absolute atomic E-state index is 0.161. The lowest BCUT2D eigenvalue weighted by Gasteiger charge is -2.40. The van der Waals surface area contributed by atoms with Crippen LogP contribution in [0.5, 0.6) is 0 Å². The zero-order chi connectivity index (χ0) is 32.2. The summed E-state index contributed by atoms with van der Waals surface area (Å²) in [6.45, 7) is 13.6. The number of esters is 1. The van der Waals surface area contributed by atoms with Crippen LogP contribution in [0.25, 0.3) is 33.2 Å². The maximum Gasteiger partial charge on any atom is 0.310 e. The van der Waals surface area contributed by atoms with Crippen LogP contribution in [0.2, 0.25) is 0 Å². The molecule has 1 fully saturated rings. The Bertz CT molecular complexity index is 1950. The zero-order valence-electron chi connectivity index (χ0n) is 27.4. The molecule has 0 saturated carbocycles. The molecule has 5 aromatic rings. The molecule has 1 saturated heterocycles. The van der Waals surface area contributed by atoms with Gasteiger partial charge >= 0.3 is 5.97 Å². The van der Waals surface area contributed by atoms with E-state index in [0.717, 1.165) is 94.9 Å². The highest BCUT2D eigenvalue weighted by Crippen LogP contribution is 2.44. The van der Waals surface area contributed by atoms with Crippen molar-refractivity contribution in [2.75, 3.05) is 35.2 Å². The average molecular weight is 619 g/mol. The Labute approximate surface area is 269 Å². The van der Waals surface area contributed by atoms with Crippen molar-refractivity contribution >= 4 is 45.4 Å². The van der Waals surface area contributed by atoms with Crippen LogP contribution in [-0.4, -0.2) is 46.7 Å². The standard InChI is InChI=1S/C37H42N6O3/c1-22(2)45-30(44)19-28-23(3)41-35(38)31(33(28)42-16-13-37(4,5)14-17-42)25-10-11-26-20-43(15-12-24(26)18-25)36-34-32(39-21-40-36)27-8-6-7-9-29(27)46-34/h6-11,18,21-22H,12-17,19-20H2,1-5H3,(H2,38,41). The highest BCUT2D eigenvalue weighted by atomic mass is 16.5. The summed E-state index contributed by atoms with van der Waals surface area (Å²) in [6, 6.07) is 14.6. The molecule has 0 aliphatic carbocycles. The number of benzene rings is 2. The SMILES string of the molecule is Cc1nc(N)c(-c2ccc3c(c2)CCN(c2ncnc4c2oc2ccccc24)C3)c(N2CCC(C)(C)CC2)c1CC(=O)OC(C)C. The fourth-order valence-electron chi connectivity index (χ4n) is 7.00. The first-order valence-electron chi connectivity index (χ1n) is 16.3. The Morgan fingerprint density at radius 1 is 1.04 bits per heavy atom. The van der Waals surface area contributed by atoms with E-state index in [1.165, 1.54) is 11.1 Å². The van der Waals surface area contributed by atoms with E-state index in [-0.39, 0.29) is 23.9 Å². The molecule has 7 rings (SSSR count). The number of para-hydroxylation sites is 1. The first-order chi connectivity index (χ1) is 22.1. The van der Waals surface area contributed by atoms with E-state index in [1.54, 1.807) is 6.33 Å². The smallest absolute Gasteiger partial charge is 0.310 e. The van der Waals surface area contributed by atoms with E-state index in [2.05, 4.69) is 51.8 Å². The topological polar surface area (TPSA) is 111 Å². The van der Waals surface area contributed by atoms with E-state index >= 15 is 0 Å². The van der Waals surface area contributed by atoms with Crippen molar-refractivity contribution in [1.29, 1.82) is 0 Å². The summed E-state index contributed by atoms with van der Waals surface area (Å²) < 4.78 is 11.8. The molecule has 9 heteroatoms. The second-order valence-electron chi connectivity index (χ2n) is 13.8. The molecule has 0 bridgehead atoms. The van der Waals surface area contributed by atoms with Crippen LogP contribution in [-0.2, 0) is 28.9 Å². The molecule has 2 N–H and O–H groups in total. The van der Waals surface area contributed by atoms with Gasteiger partial charge < -0.3 is 24.7 Å². The van der Waals surface area contributed by atoms with Gasteiger partial charge in [0.1, 0.15) is 23.2 Å². The van der Waals surface area contributed by atoms with Crippen molar-refractivity contribution in [3.8, 4) is 11.1 Å². The molecule has 238 valence electrons. The molecule has 9 nitrogen and oxygen atoms in total. The van der Waals surface area contributed by atoms with Crippen LogP contribution in [0, 0.1) is 12.3 Å². The molecule has 5 heterocycles. The molecule has 0 amide bonds. The molecule has 0 atom stereocenters. The number of piperidine rings is 1. The highest BCUT2D eigenvalue weighted by molar-refractivity contribution is 6.05. The number of aryl methyl sites for hydroxylation is 1. The summed E-state index contributed by atoms with van der Waals surface area (Å²) >= 11 is 0. The maximum absolute atomic E-state index is 13.0. The number of furan rings is 1. The van der Waals surface area contributed by atoms with Crippen molar-refractivity contribution in [3.05, 3.63) is 71.2 Å². The molecular weight excluding hydrogens is 576 g/mol. The van der Waals surface area contributed by atoms with Gasteiger partial charge in [-0.3, -0.25) is 4.79 Å². The number of carbonyl (C=O) groups is 1. The van der Waals surface area contributed by atoms with Gasteiger partial charge in [0.2, 0.25) is 0 Å². The molecule has 0 unspecified atom stereocenters. The van der Waals surface area contributed by atoms with Gasteiger partial charge in [0.05, 0.1) is 18.2 Å². The van der Waals surface area contributed by atoms with Crippen molar-refractivity contribution in [3.63, 3.8) is 0 Å². The van der Waals surface area contributed by atoms with Crippen molar-refractivity contribution in [2.24, 2.45) is 5.41 Å². The number of pyridine rings is 1. The lowest BCUT2D eigenvalue weighted by molar-refractivity contribution is -0.146. The predicted octanol–water partition coefficient (Wildman–Crippen LogP) is 7.01. The zero-order valence-corrected chi connectivity index (χ0v) is 27.4. The normalized spacial score (nSPS) is 16.3. The summed E-state index contributed by atoms with van der Waals surface area (Å²) in [7, 11) is 0. The monoisotopic (exact) mass is 618 g/mol. The minimum atomic E-state index is -0.247. The summed E-state index contributed by atoms with van der Waals surface area (Å²) in [6.07, 6.45) is 4.57. The quantitative estimate of drug-likeness (QED) is 0.201. The number of fused-ring (bicyclic) bond motifs is 4. The fourth-order valence-corrected chi connectivity index (χ4v) is 7.00.